The SMILES string of the molecule is C[C@@H]1C[C@@H]2C=CC=C[C@@H]2[C@@H]1[Si](C)(C)[C@H]1[C@@H]2C=CC=C[C@H]2C[C@H]1C. The van der Waals surface area contributed by atoms with Crippen LogP contribution in [0.5, 0.6) is 0 Å². The standard InChI is InChI=1S/C22H32Si/c1-15-13-17-9-5-7-11-19(17)21(15)23(3,4)22-16(2)14-18-10-6-8-12-20(18)22/h5-12,15-22H,13-14H2,1-4H3/t15-,16-,17+,18+,19-,20+,21-,22-/m1/s1. The Bertz CT molecular complexity index is 529. The van der Waals surface area contributed by atoms with E-state index in [9.17, 15) is 0 Å². The zero-order chi connectivity index (χ0) is 16.2. The summed E-state index contributed by atoms with van der Waals surface area (Å²) in [5.74, 6) is 5.08. The van der Waals surface area contributed by atoms with Crippen LogP contribution in [0.3, 0.4) is 0 Å². The molecule has 0 N–H and O–H groups in total. The second-order valence-corrected chi connectivity index (χ2v) is 14.3. The number of hydrogen-bond acceptors (Lipinski definition) is 0. The lowest BCUT2D eigenvalue weighted by Gasteiger charge is -2.45. The quantitative estimate of drug-likeness (QED) is 0.528. The predicted octanol–water partition coefficient (Wildman–Crippen LogP) is 6.23. The van der Waals surface area contributed by atoms with Crippen molar-refractivity contribution < 1.29 is 0 Å². The van der Waals surface area contributed by atoms with Gasteiger partial charge < -0.3 is 0 Å². The minimum atomic E-state index is -1.35. The highest BCUT2D eigenvalue weighted by Gasteiger charge is 2.56. The maximum absolute atomic E-state index is 2.73. The Morgan fingerprint density at radius 1 is 0.652 bits per heavy atom. The molecule has 23 heavy (non-hydrogen) atoms. The third-order valence-corrected chi connectivity index (χ3v) is 13.0. The highest BCUT2D eigenvalue weighted by molar-refractivity contribution is 6.80. The normalized spacial score (nSPS) is 47.8. The molecule has 0 amide bonds. The van der Waals surface area contributed by atoms with E-state index >= 15 is 0 Å². The van der Waals surface area contributed by atoms with E-state index in [4.69, 9.17) is 0 Å². The van der Waals surface area contributed by atoms with E-state index in [1.165, 1.54) is 12.8 Å². The first-order valence-corrected chi connectivity index (χ1v) is 12.9. The van der Waals surface area contributed by atoms with Gasteiger partial charge in [0.15, 0.2) is 0 Å². The maximum atomic E-state index is 2.73. The second kappa shape index (κ2) is 5.62. The molecule has 8 atom stereocenters. The maximum Gasteiger partial charge on any atom is 0.0553 e. The molecule has 0 saturated heterocycles. The van der Waals surface area contributed by atoms with E-state index in [1.54, 1.807) is 0 Å². The third kappa shape index (κ3) is 2.38. The average molecular weight is 325 g/mol. The van der Waals surface area contributed by atoms with Crippen LogP contribution in [0.25, 0.3) is 0 Å². The predicted molar refractivity (Wildman–Crippen MR) is 103 cm³/mol. The Labute approximate surface area is 143 Å². The lowest BCUT2D eigenvalue weighted by Crippen LogP contribution is -2.45. The van der Waals surface area contributed by atoms with E-state index in [1.807, 2.05) is 0 Å². The lowest BCUT2D eigenvalue weighted by molar-refractivity contribution is 0.491. The fraction of sp³-hybridized carbons (Fsp3) is 0.636. The first-order chi connectivity index (χ1) is 11.0. The van der Waals surface area contributed by atoms with Crippen molar-refractivity contribution in [1.29, 1.82) is 0 Å². The summed E-state index contributed by atoms with van der Waals surface area (Å²) in [7, 11) is -1.35. The van der Waals surface area contributed by atoms with Gasteiger partial charge in [0.25, 0.3) is 0 Å². The first-order valence-electron chi connectivity index (χ1n) is 9.70. The molecule has 0 aromatic rings. The summed E-state index contributed by atoms with van der Waals surface area (Å²) in [6, 6.07) is 0. The van der Waals surface area contributed by atoms with Crippen LogP contribution in [-0.4, -0.2) is 8.07 Å². The van der Waals surface area contributed by atoms with Crippen LogP contribution in [0.1, 0.15) is 26.7 Å². The van der Waals surface area contributed by atoms with E-state index in [0.29, 0.717) is 0 Å². The minimum absolute atomic E-state index is 0.820. The molecular weight excluding hydrogens is 292 g/mol. The van der Waals surface area contributed by atoms with Crippen molar-refractivity contribution in [2.24, 2.45) is 35.5 Å². The smallest absolute Gasteiger partial charge is 0.0553 e. The summed E-state index contributed by atoms with van der Waals surface area (Å²) in [5.41, 5.74) is 1.92. The van der Waals surface area contributed by atoms with Crippen LogP contribution in [0.15, 0.2) is 48.6 Å². The second-order valence-electron chi connectivity index (χ2n) is 9.32. The molecule has 0 unspecified atom stereocenters. The molecule has 124 valence electrons. The molecule has 0 spiro atoms. The Morgan fingerprint density at radius 2 is 1.04 bits per heavy atom. The molecule has 1 heteroatoms. The number of fused-ring (bicyclic) bond motifs is 2. The zero-order valence-electron chi connectivity index (χ0n) is 15.2. The van der Waals surface area contributed by atoms with Crippen LogP contribution in [0, 0.1) is 35.5 Å². The van der Waals surface area contributed by atoms with Crippen LogP contribution < -0.4 is 0 Å². The molecule has 0 radical (unpaired) electrons. The molecule has 0 heterocycles. The Morgan fingerprint density at radius 3 is 1.48 bits per heavy atom. The summed E-state index contributed by atoms with van der Waals surface area (Å²) in [6.45, 7) is 10.6. The number of hydrogen-bond donors (Lipinski definition) is 0. The highest BCUT2D eigenvalue weighted by atomic mass is 28.3. The Balaban J connectivity index is 1.67. The molecule has 2 fully saturated rings. The van der Waals surface area contributed by atoms with Crippen molar-refractivity contribution in [1.82, 2.24) is 0 Å². The summed E-state index contributed by atoms with van der Waals surface area (Å²) in [6.07, 6.45) is 22.1. The average Bonchev–Trinajstić information content (AvgIpc) is 3.02. The molecule has 0 bridgehead atoms. The molecule has 4 rings (SSSR count). The van der Waals surface area contributed by atoms with Gasteiger partial charge >= 0.3 is 0 Å². The van der Waals surface area contributed by atoms with Crippen molar-refractivity contribution in [3.63, 3.8) is 0 Å². The number of allylic oxidation sites excluding steroid dienone is 8. The van der Waals surface area contributed by atoms with Crippen LogP contribution in [-0.2, 0) is 0 Å². The van der Waals surface area contributed by atoms with Gasteiger partial charge in [0.1, 0.15) is 0 Å². The Hall–Kier alpha value is -0.823. The van der Waals surface area contributed by atoms with Gasteiger partial charge in [0.2, 0.25) is 0 Å². The van der Waals surface area contributed by atoms with Crippen molar-refractivity contribution in [3.05, 3.63) is 48.6 Å². The van der Waals surface area contributed by atoms with E-state index in [0.717, 1.165) is 46.6 Å². The number of rotatable bonds is 2. The molecule has 4 aliphatic carbocycles. The van der Waals surface area contributed by atoms with Gasteiger partial charge in [0, 0.05) is 0 Å². The van der Waals surface area contributed by atoms with Crippen molar-refractivity contribution in [3.8, 4) is 0 Å². The fourth-order valence-electron chi connectivity index (χ4n) is 7.18. The molecule has 0 aromatic carbocycles. The summed E-state index contributed by atoms with van der Waals surface area (Å²) in [5, 5.41) is 0. The minimum Gasteiger partial charge on any atom is -0.0808 e. The monoisotopic (exact) mass is 324 g/mol. The third-order valence-electron chi connectivity index (χ3n) is 7.66. The molecule has 0 aliphatic heterocycles. The van der Waals surface area contributed by atoms with E-state index in [2.05, 4.69) is 75.5 Å². The topological polar surface area (TPSA) is 0 Å². The summed E-state index contributed by atoms with van der Waals surface area (Å²) < 4.78 is 0. The fourth-order valence-corrected chi connectivity index (χ4v) is 13.5. The molecule has 0 nitrogen and oxygen atoms in total. The molecular formula is C22H32Si. The van der Waals surface area contributed by atoms with E-state index < -0.39 is 8.07 Å². The van der Waals surface area contributed by atoms with Crippen LogP contribution >= 0.6 is 0 Å². The van der Waals surface area contributed by atoms with Crippen LogP contribution in [0.4, 0.5) is 0 Å². The summed E-state index contributed by atoms with van der Waals surface area (Å²) in [4.78, 5) is 0. The van der Waals surface area contributed by atoms with E-state index in [-0.39, 0.29) is 0 Å². The van der Waals surface area contributed by atoms with Crippen LogP contribution in [0.2, 0.25) is 24.2 Å². The molecule has 0 aromatic heterocycles. The van der Waals surface area contributed by atoms with Gasteiger partial charge in [-0.25, -0.2) is 0 Å². The zero-order valence-corrected chi connectivity index (χ0v) is 16.2. The van der Waals surface area contributed by atoms with Crippen molar-refractivity contribution in [2.45, 2.75) is 50.9 Å². The van der Waals surface area contributed by atoms with Gasteiger partial charge in [-0.2, -0.15) is 0 Å². The summed E-state index contributed by atoms with van der Waals surface area (Å²) >= 11 is 0. The van der Waals surface area contributed by atoms with Gasteiger partial charge in [-0.3, -0.25) is 0 Å². The van der Waals surface area contributed by atoms with Crippen molar-refractivity contribution >= 4 is 8.07 Å². The first kappa shape index (κ1) is 15.7. The molecule has 4 aliphatic rings. The van der Waals surface area contributed by atoms with Gasteiger partial charge in [-0.05, 0) is 59.4 Å². The molecule has 2 saturated carbocycles. The Kier molecular flexibility index (Phi) is 3.83. The van der Waals surface area contributed by atoms with Gasteiger partial charge in [0.05, 0.1) is 8.07 Å². The van der Waals surface area contributed by atoms with Gasteiger partial charge in [-0.1, -0.05) is 75.5 Å². The van der Waals surface area contributed by atoms with Gasteiger partial charge in [-0.15, -0.1) is 0 Å². The highest BCUT2D eigenvalue weighted by Crippen LogP contribution is 2.62. The van der Waals surface area contributed by atoms with Crippen molar-refractivity contribution in [2.75, 3.05) is 0 Å². The largest absolute Gasteiger partial charge is 0.0808 e. The lowest BCUT2D eigenvalue weighted by atomic mass is 9.91.